The van der Waals surface area contributed by atoms with Gasteiger partial charge in [-0.25, -0.2) is 8.42 Å². The molecule has 0 aliphatic carbocycles. The molecule has 2 aliphatic heterocycles. The number of nitrogens with zero attached hydrogens (tertiary/aromatic N) is 1. The molecule has 6 heteroatoms. The number of carbonyl (C=O) groups is 1. The lowest BCUT2D eigenvalue weighted by molar-refractivity contribution is -0.134. The van der Waals surface area contributed by atoms with Gasteiger partial charge >= 0.3 is 0 Å². The molecule has 17 heavy (non-hydrogen) atoms. The lowest BCUT2D eigenvalue weighted by Gasteiger charge is -2.34. The average Bonchev–Trinajstić information content (AvgIpc) is 2.58. The first-order valence-corrected chi connectivity index (χ1v) is 8.01. The van der Waals surface area contributed by atoms with Crippen LogP contribution < -0.4 is 5.32 Å². The first-order valence-electron chi connectivity index (χ1n) is 6.18. The van der Waals surface area contributed by atoms with Crippen LogP contribution in [-0.2, 0) is 14.6 Å². The molecular formula is C11H20N2O3S. The minimum atomic E-state index is -2.87. The van der Waals surface area contributed by atoms with Crippen LogP contribution in [0.5, 0.6) is 0 Å². The van der Waals surface area contributed by atoms with Gasteiger partial charge in [-0.05, 0) is 19.3 Å². The Hall–Kier alpha value is -0.620. The molecule has 0 radical (unpaired) electrons. The molecule has 0 aromatic heterocycles. The van der Waals surface area contributed by atoms with Gasteiger partial charge in [0.05, 0.1) is 11.5 Å². The molecule has 2 rings (SSSR count). The summed E-state index contributed by atoms with van der Waals surface area (Å²) in [5.41, 5.74) is 0. The number of hydrogen-bond donors (Lipinski definition) is 1. The number of amides is 1. The first-order chi connectivity index (χ1) is 7.98. The van der Waals surface area contributed by atoms with Gasteiger partial charge in [0.25, 0.3) is 0 Å². The van der Waals surface area contributed by atoms with Crippen LogP contribution in [0.1, 0.15) is 19.8 Å². The predicted octanol–water partition coefficient (Wildman–Crippen LogP) is -0.368. The van der Waals surface area contributed by atoms with Gasteiger partial charge in [0.2, 0.25) is 5.91 Å². The Morgan fingerprint density at radius 2 is 2.24 bits per heavy atom. The van der Waals surface area contributed by atoms with Crippen LogP contribution in [0.3, 0.4) is 0 Å². The Morgan fingerprint density at radius 1 is 1.47 bits per heavy atom. The standard InChI is InChI=1S/C11H20N2O3S/c1-9-7-12-3-4-13(9)11(14)6-10-2-5-17(15,16)8-10/h9-10,12H,2-8H2,1H3. The highest BCUT2D eigenvalue weighted by molar-refractivity contribution is 7.91. The summed E-state index contributed by atoms with van der Waals surface area (Å²) in [5.74, 6) is 0.594. The molecule has 1 amide bonds. The molecule has 0 saturated carbocycles. The monoisotopic (exact) mass is 260 g/mol. The lowest BCUT2D eigenvalue weighted by Crippen LogP contribution is -2.52. The van der Waals surface area contributed by atoms with E-state index in [1.165, 1.54) is 0 Å². The molecule has 2 unspecified atom stereocenters. The van der Waals surface area contributed by atoms with E-state index in [1.54, 1.807) is 0 Å². The summed E-state index contributed by atoms with van der Waals surface area (Å²) in [6.07, 6.45) is 1.04. The van der Waals surface area contributed by atoms with E-state index >= 15 is 0 Å². The molecule has 2 fully saturated rings. The van der Waals surface area contributed by atoms with Gasteiger partial charge in [0.15, 0.2) is 9.84 Å². The van der Waals surface area contributed by atoms with E-state index in [1.807, 2.05) is 11.8 Å². The summed E-state index contributed by atoms with van der Waals surface area (Å²) in [5, 5.41) is 3.24. The van der Waals surface area contributed by atoms with E-state index in [-0.39, 0.29) is 29.4 Å². The fraction of sp³-hybridized carbons (Fsp3) is 0.909. The molecule has 2 atom stereocenters. The minimum Gasteiger partial charge on any atom is -0.337 e. The quantitative estimate of drug-likeness (QED) is 0.736. The number of carbonyl (C=O) groups excluding carboxylic acids is 1. The average molecular weight is 260 g/mol. The molecule has 0 aromatic rings. The summed E-state index contributed by atoms with van der Waals surface area (Å²) in [6.45, 7) is 4.42. The van der Waals surface area contributed by atoms with Gasteiger partial charge in [-0.2, -0.15) is 0 Å². The molecular weight excluding hydrogens is 240 g/mol. The first kappa shape index (κ1) is 12.8. The molecule has 2 heterocycles. The van der Waals surface area contributed by atoms with Crippen molar-refractivity contribution in [2.75, 3.05) is 31.1 Å². The number of sulfone groups is 1. The number of hydrogen-bond acceptors (Lipinski definition) is 4. The molecule has 0 aromatic carbocycles. The molecule has 2 saturated heterocycles. The molecule has 0 bridgehead atoms. The van der Waals surface area contributed by atoms with Crippen molar-refractivity contribution in [2.45, 2.75) is 25.8 Å². The van der Waals surface area contributed by atoms with Crippen LogP contribution in [0.15, 0.2) is 0 Å². The van der Waals surface area contributed by atoms with Gasteiger partial charge in [0, 0.05) is 32.1 Å². The summed E-state index contributed by atoms with van der Waals surface area (Å²) < 4.78 is 22.7. The molecule has 5 nitrogen and oxygen atoms in total. The molecule has 98 valence electrons. The van der Waals surface area contributed by atoms with Gasteiger partial charge in [-0.15, -0.1) is 0 Å². The fourth-order valence-corrected chi connectivity index (χ4v) is 4.47. The normalized spacial score (nSPS) is 32.6. The SMILES string of the molecule is CC1CNCCN1C(=O)CC1CCS(=O)(=O)C1. The largest absolute Gasteiger partial charge is 0.337 e. The second kappa shape index (κ2) is 4.94. The summed E-state index contributed by atoms with van der Waals surface area (Å²) in [4.78, 5) is 14.0. The fourth-order valence-electron chi connectivity index (χ4n) is 2.61. The van der Waals surface area contributed by atoms with Crippen molar-refractivity contribution in [2.24, 2.45) is 5.92 Å². The zero-order valence-electron chi connectivity index (χ0n) is 10.2. The maximum absolute atomic E-state index is 12.1. The van der Waals surface area contributed by atoms with E-state index < -0.39 is 9.84 Å². The lowest BCUT2D eigenvalue weighted by atomic mass is 10.0. The smallest absolute Gasteiger partial charge is 0.223 e. The zero-order chi connectivity index (χ0) is 12.5. The van der Waals surface area contributed by atoms with Crippen LogP contribution >= 0.6 is 0 Å². The third kappa shape index (κ3) is 3.19. The van der Waals surface area contributed by atoms with Crippen LogP contribution in [0, 0.1) is 5.92 Å². The van der Waals surface area contributed by atoms with E-state index in [4.69, 9.17) is 0 Å². The second-order valence-electron chi connectivity index (χ2n) is 5.11. The Morgan fingerprint density at radius 3 is 2.82 bits per heavy atom. The highest BCUT2D eigenvalue weighted by Crippen LogP contribution is 2.23. The maximum Gasteiger partial charge on any atom is 0.223 e. The highest BCUT2D eigenvalue weighted by atomic mass is 32.2. The van der Waals surface area contributed by atoms with Crippen molar-refractivity contribution in [3.05, 3.63) is 0 Å². The van der Waals surface area contributed by atoms with Gasteiger partial charge in [-0.3, -0.25) is 4.79 Å². The van der Waals surface area contributed by atoms with E-state index in [0.717, 1.165) is 19.6 Å². The molecule has 1 N–H and O–H groups in total. The van der Waals surface area contributed by atoms with Crippen molar-refractivity contribution < 1.29 is 13.2 Å². The van der Waals surface area contributed by atoms with Crippen molar-refractivity contribution in [3.63, 3.8) is 0 Å². The predicted molar refractivity (Wildman–Crippen MR) is 65.4 cm³/mol. The van der Waals surface area contributed by atoms with Crippen LogP contribution in [0.2, 0.25) is 0 Å². The van der Waals surface area contributed by atoms with Crippen molar-refractivity contribution in [1.29, 1.82) is 0 Å². The van der Waals surface area contributed by atoms with E-state index in [9.17, 15) is 13.2 Å². The highest BCUT2D eigenvalue weighted by Gasteiger charge is 2.32. The van der Waals surface area contributed by atoms with Crippen LogP contribution in [-0.4, -0.2) is 56.4 Å². The van der Waals surface area contributed by atoms with Crippen LogP contribution in [0.4, 0.5) is 0 Å². The summed E-state index contributed by atoms with van der Waals surface area (Å²) in [7, 11) is -2.87. The number of rotatable bonds is 2. The number of nitrogens with one attached hydrogen (secondary N) is 1. The zero-order valence-corrected chi connectivity index (χ0v) is 11.0. The Bertz CT molecular complexity index is 394. The topological polar surface area (TPSA) is 66.5 Å². The Balaban J connectivity index is 1.89. The number of piperazine rings is 1. The third-order valence-corrected chi connectivity index (χ3v) is 5.45. The summed E-state index contributed by atoms with van der Waals surface area (Å²) >= 11 is 0. The Kier molecular flexibility index (Phi) is 3.73. The Labute approximate surface area is 102 Å². The van der Waals surface area contributed by atoms with Gasteiger partial charge < -0.3 is 10.2 Å². The third-order valence-electron chi connectivity index (χ3n) is 3.61. The van der Waals surface area contributed by atoms with Crippen LogP contribution in [0.25, 0.3) is 0 Å². The van der Waals surface area contributed by atoms with Gasteiger partial charge in [0.1, 0.15) is 0 Å². The van der Waals surface area contributed by atoms with Crippen molar-refractivity contribution in [3.8, 4) is 0 Å². The molecule has 0 spiro atoms. The van der Waals surface area contributed by atoms with E-state index in [0.29, 0.717) is 12.8 Å². The maximum atomic E-state index is 12.1. The van der Waals surface area contributed by atoms with Crippen molar-refractivity contribution in [1.82, 2.24) is 10.2 Å². The minimum absolute atomic E-state index is 0.0367. The second-order valence-corrected chi connectivity index (χ2v) is 7.34. The summed E-state index contributed by atoms with van der Waals surface area (Å²) in [6, 6.07) is 0.217. The molecule has 2 aliphatic rings. The van der Waals surface area contributed by atoms with Gasteiger partial charge in [-0.1, -0.05) is 0 Å². The van der Waals surface area contributed by atoms with E-state index in [2.05, 4.69) is 5.32 Å². The van der Waals surface area contributed by atoms with Crippen molar-refractivity contribution >= 4 is 15.7 Å².